The van der Waals surface area contributed by atoms with E-state index in [-0.39, 0.29) is 6.04 Å². The number of nitrogens with zero attached hydrogens (tertiary/aromatic N) is 2. The first kappa shape index (κ1) is 12.8. The lowest BCUT2D eigenvalue weighted by atomic mass is 9.99. The number of hydrazine groups is 1. The maximum Gasteiger partial charge on any atom is 0.0642 e. The van der Waals surface area contributed by atoms with Crippen LogP contribution in [0.5, 0.6) is 0 Å². The van der Waals surface area contributed by atoms with Crippen molar-refractivity contribution in [3.8, 4) is 0 Å². The molecule has 0 amide bonds. The standard InChI is InChI=1S/C14H20N4/c1-10-5-4-6-12(7-10)8-14(16-15)13-9-18(3)17-11(13)2/h4-7,9,14,16H,8,15H2,1-3H3. The Morgan fingerprint density at radius 2 is 2.17 bits per heavy atom. The summed E-state index contributed by atoms with van der Waals surface area (Å²) in [6.07, 6.45) is 2.89. The third-order valence-corrected chi connectivity index (χ3v) is 3.15. The van der Waals surface area contributed by atoms with Crippen LogP contribution in [0.4, 0.5) is 0 Å². The number of aromatic nitrogens is 2. The van der Waals surface area contributed by atoms with Gasteiger partial charge in [0, 0.05) is 18.8 Å². The van der Waals surface area contributed by atoms with Crippen LogP contribution in [0.3, 0.4) is 0 Å². The number of hydrogen-bond donors (Lipinski definition) is 2. The lowest BCUT2D eigenvalue weighted by Gasteiger charge is -2.15. The normalized spacial score (nSPS) is 12.7. The van der Waals surface area contributed by atoms with E-state index in [0.717, 1.165) is 17.7 Å². The van der Waals surface area contributed by atoms with Gasteiger partial charge in [0.15, 0.2) is 0 Å². The minimum absolute atomic E-state index is 0.0977. The number of rotatable bonds is 4. The maximum absolute atomic E-state index is 5.68. The van der Waals surface area contributed by atoms with E-state index in [1.807, 2.05) is 24.9 Å². The molecule has 4 nitrogen and oxygen atoms in total. The molecule has 0 aliphatic rings. The zero-order valence-electron chi connectivity index (χ0n) is 11.1. The fraction of sp³-hybridized carbons (Fsp3) is 0.357. The molecule has 1 unspecified atom stereocenters. The molecule has 1 heterocycles. The first-order chi connectivity index (χ1) is 8.60. The van der Waals surface area contributed by atoms with Gasteiger partial charge in [-0.3, -0.25) is 16.0 Å². The van der Waals surface area contributed by atoms with E-state index in [1.54, 1.807) is 0 Å². The van der Waals surface area contributed by atoms with Crippen molar-refractivity contribution < 1.29 is 0 Å². The molecule has 0 bridgehead atoms. The van der Waals surface area contributed by atoms with E-state index in [4.69, 9.17) is 5.84 Å². The molecule has 4 heteroatoms. The van der Waals surface area contributed by atoms with E-state index >= 15 is 0 Å². The first-order valence-corrected chi connectivity index (χ1v) is 6.12. The Balaban J connectivity index is 2.22. The van der Waals surface area contributed by atoms with Crippen molar-refractivity contribution in [2.45, 2.75) is 26.3 Å². The number of hydrogen-bond acceptors (Lipinski definition) is 3. The van der Waals surface area contributed by atoms with Crippen LogP contribution in [0.2, 0.25) is 0 Å². The van der Waals surface area contributed by atoms with Gasteiger partial charge in [0.25, 0.3) is 0 Å². The highest BCUT2D eigenvalue weighted by atomic mass is 15.3. The Kier molecular flexibility index (Phi) is 3.79. The number of nitrogens with two attached hydrogens (primary N) is 1. The van der Waals surface area contributed by atoms with Crippen molar-refractivity contribution in [1.82, 2.24) is 15.2 Å². The van der Waals surface area contributed by atoms with E-state index in [1.165, 1.54) is 11.1 Å². The minimum atomic E-state index is 0.0977. The quantitative estimate of drug-likeness (QED) is 0.637. The molecule has 0 saturated carbocycles. The highest BCUT2D eigenvalue weighted by Crippen LogP contribution is 2.20. The highest BCUT2D eigenvalue weighted by molar-refractivity contribution is 5.27. The summed E-state index contributed by atoms with van der Waals surface area (Å²) in [5.74, 6) is 5.68. The summed E-state index contributed by atoms with van der Waals surface area (Å²) in [6.45, 7) is 4.11. The molecule has 0 spiro atoms. The van der Waals surface area contributed by atoms with Gasteiger partial charge in [-0.15, -0.1) is 0 Å². The lowest BCUT2D eigenvalue weighted by Crippen LogP contribution is -2.29. The second kappa shape index (κ2) is 5.33. The van der Waals surface area contributed by atoms with Gasteiger partial charge in [-0.05, 0) is 25.8 Å². The van der Waals surface area contributed by atoms with Gasteiger partial charge in [0.1, 0.15) is 0 Å². The first-order valence-electron chi connectivity index (χ1n) is 6.12. The molecule has 2 aromatic rings. The Morgan fingerprint density at radius 1 is 1.39 bits per heavy atom. The molecule has 96 valence electrons. The van der Waals surface area contributed by atoms with Gasteiger partial charge in [0.05, 0.1) is 11.7 Å². The molecule has 0 aliphatic heterocycles. The van der Waals surface area contributed by atoms with Crippen molar-refractivity contribution in [2.75, 3.05) is 0 Å². The molecule has 0 fully saturated rings. The average Bonchev–Trinajstić information content (AvgIpc) is 2.65. The van der Waals surface area contributed by atoms with Crippen molar-refractivity contribution in [1.29, 1.82) is 0 Å². The number of benzene rings is 1. The van der Waals surface area contributed by atoms with Crippen LogP contribution in [-0.2, 0) is 13.5 Å². The van der Waals surface area contributed by atoms with Crippen molar-refractivity contribution in [3.63, 3.8) is 0 Å². The summed E-state index contributed by atoms with van der Waals surface area (Å²) in [5, 5.41) is 4.36. The second-order valence-electron chi connectivity index (χ2n) is 4.76. The zero-order chi connectivity index (χ0) is 13.1. The van der Waals surface area contributed by atoms with Gasteiger partial charge in [-0.2, -0.15) is 5.10 Å². The minimum Gasteiger partial charge on any atom is -0.275 e. The largest absolute Gasteiger partial charge is 0.275 e. The molecule has 2 rings (SSSR count). The summed E-state index contributed by atoms with van der Waals surface area (Å²) < 4.78 is 1.82. The Labute approximate surface area is 108 Å². The fourth-order valence-electron chi connectivity index (χ4n) is 2.29. The summed E-state index contributed by atoms with van der Waals surface area (Å²) in [7, 11) is 1.93. The Morgan fingerprint density at radius 3 is 2.72 bits per heavy atom. The van der Waals surface area contributed by atoms with Gasteiger partial charge >= 0.3 is 0 Å². The van der Waals surface area contributed by atoms with Crippen molar-refractivity contribution in [3.05, 3.63) is 52.8 Å². The number of nitrogens with one attached hydrogen (secondary N) is 1. The van der Waals surface area contributed by atoms with Crippen LogP contribution >= 0.6 is 0 Å². The second-order valence-corrected chi connectivity index (χ2v) is 4.76. The monoisotopic (exact) mass is 244 g/mol. The summed E-state index contributed by atoms with van der Waals surface area (Å²) >= 11 is 0. The van der Waals surface area contributed by atoms with Crippen LogP contribution in [0.15, 0.2) is 30.5 Å². The molecule has 1 aromatic heterocycles. The molecule has 0 radical (unpaired) electrons. The van der Waals surface area contributed by atoms with Crippen molar-refractivity contribution >= 4 is 0 Å². The molecule has 1 aromatic carbocycles. The van der Waals surface area contributed by atoms with Crippen molar-refractivity contribution in [2.24, 2.45) is 12.9 Å². The molecule has 3 N–H and O–H groups in total. The summed E-state index contributed by atoms with van der Waals surface area (Å²) in [5.41, 5.74) is 7.61. The Bertz CT molecular complexity index is 530. The van der Waals surface area contributed by atoms with Crippen LogP contribution < -0.4 is 11.3 Å². The molecular formula is C14H20N4. The third-order valence-electron chi connectivity index (χ3n) is 3.15. The van der Waals surface area contributed by atoms with Crippen LogP contribution in [0, 0.1) is 13.8 Å². The smallest absolute Gasteiger partial charge is 0.0642 e. The van der Waals surface area contributed by atoms with E-state index in [2.05, 4.69) is 41.7 Å². The van der Waals surface area contributed by atoms with Crippen LogP contribution in [0.1, 0.15) is 28.4 Å². The summed E-state index contributed by atoms with van der Waals surface area (Å²) in [6, 6.07) is 8.59. The summed E-state index contributed by atoms with van der Waals surface area (Å²) in [4.78, 5) is 0. The fourth-order valence-corrected chi connectivity index (χ4v) is 2.29. The number of aryl methyl sites for hydroxylation is 3. The predicted molar refractivity (Wildman–Crippen MR) is 72.9 cm³/mol. The van der Waals surface area contributed by atoms with E-state index in [0.29, 0.717) is 0 Å². The molecule has 18 heavy (non-hydrogen) atoms. The predicted octanol–water partition coefficient (Wildman–Crippen LogP) is 1.78. The topological polar surface area (TPSA) is 55.9 Å². The molecule has 1 atom stereocenters. The molecule has 0 aliphatic carbocycles. The Hall–Kier alpha value is -1.65. The van der Waals surface area contributed by atoms with Gasteiger partial charge in [0.2, 0.25) is 0 Å². The van der Waals surface area contributed by atoms with E-state index in [9.17, 15) is 0 Å². The zero-order valence-corrected chi connectivity index (χ0v) is 11.1. The van der Waals surface area contributed by atoms with Crippen LogP contribution in [-0.4, -0.2) is 9.78 Å². The average molecular weight is 244 g/mol. The van der Waals surface area contributed by atoms with Gasteiger partial charge in [-0.25, -0.2) is 0 Å². The van der Waals surface area contributed by atoms with Gasteiger partial charge in [-0.1, -0.05) is 29.8 Å². The third kappa shape index (κ3) is 2.78. The van der Waals surface area contributed by atoms with Gasteiger partial charge < -0.3 is 0 Å². The van der Waals surface area contributed by atoms with E-state index < -0.39 is 0 Å². The van der Waals surface area contributed by atoms with Crippen LogP contribution in [0.25, 0.3) is 0 Å². The maximum atomic E-state index is 5.68. The highest BCUT2D eigenvalue weighted by Gasteiger charge is 2.15. The molecular weight excluding hydrogens is 224 g/mol. The SMILES string of the molecule is Cc1cccc(CC(NN)c2cn(C)nc2C)c1. The lowest BCUT2D eigenvalue weighted by molar-refractivity contribution is 0.549. The molecule has 0 saturated heterocycles.